The van der Waals surface area contributed by atoms with E-state index in [-0.39, 0.29) is 28.0 Å². The lowest BCUT2D eigenvalue weighted by Crippen LogP contribution is -2.31. The summed E-state index contributed by atoms with van der Waals surface area (Å²) in [4.78, 5) is 34.9. The van der Waals surface area contributed by atoms with Crippen molar-refractivity contribution in [3.63, 3.8) is 0 Å². The first-order chi connectivity index (χ1) is 19.4. The molecule has 1 saturated heterocycles. The quantitative estimate of drug-likeness (QED) is 0.256. The Morgan fingerprint density at radius 2 is 1.95 bits per heavy atom. The molecular formula is C28H32ClN5O6S. The highest BCUT2D eigenvalue weighted by Gasteiger charge is 2.23. The molecule has 4 N–H and O–H groups in total. The molecule has 0 bridgehead atoms. The van der Waals surface area contributed by atoms with Gasteiger partial charge in [0.25, 0.3) is 5.91 Å². The van der Waals surface area contributed by atoms with E-state index in [1.165, 1.54) is 18.3 Å². The van der Waals surface area contributed by atoms with Crippen LogP contribution in [-0.4, -0.2) is 51.0 Å². The summed E-state index contributed by atoms with van der Waals surface area (Å²) in [5.41, 5.74) is 8.43. The highest BCUT2D eigenvalue weighted by Crippen LogP contribution is 2.31. The van der Waals surface area contributed by atoms with E-state index >= 15 is 0 Å². The van der Waals surface area contributed by atoms with Crippen LogP contribution in [0.2, 0.25) is 5.15 Å². The highest BCUT2D eigenvalue weighted by atomic mass is 35.5. The molecule has 3 aromatic rings. The van der Waals surface area contributed by atoms with Crippen LogP contribution in [0.25, 0.3) is 16.5 Å². The van der Waals surface area contributed by atoms with Gasteiger partial charge in [0, 0.05) is 36.8 Å². The molecule has 0 aliphatic carbocycles. The van der Waals surface area contributed by atoms with Crippen molar-refractivity contribution < 1.29 is 22.4 Å². The molecule has 0 spiro atoms. The van der Waals surface area contributed by atoms with E-state index in [2.05, 4.69) is 15.3 Å². The number of rotatable bonds is 8. The fraction of sp³-hybridized carbons (Fsp3) is 0.357. The Kier molecular flexibility index (Phi) is 9.15. The number of fused-ring (bicyclic) bond motifs is 1. The van der Waals surface area contributed by atoms with Crippen molar-refractivity contribution in [1.29, 1.82) is 0 Å². The number of anilines is 1. The number of amides is 1. The van der Waals surface area contributed by atoms with Gasteiger partial charge in [-0.1, -0.05) is 17.7 Å². The Morgan fingerprint density at radius 3 is 2.61 bits per heavy atom. The molecule has 1 aliphatic heterocycles. The maximum atomic E-state index is 13.5. The molecule has 218 valence electrons. The van der Waals surface area contributed by atoms with Crippen molar-refractivity contribution >= 4 is 56.0 Å². The monoisotopic (exact) mass is 601 g/mol. The number of aryl methyl sites for hydroxylation is 1. The molecule has 11 nitrogen and oxygen atoms in total. The molecular weight excluding hydrogens is 570 g/mol. The van der Waals surface area contributed by atoms with Gasteiger partial charge in [0.1, 0.15) is 16.5 Å². The van der Waals surface area contributed by atoms with Gasteiger partial charge in [-0.2, -0.15) is 0 Å². The average Bonchev–Trinajstić information content (AvgIpc) is 2.92. The molecule has 4 rings (SSSR count). The third-order valence-electron chi connectivity index (χ3n) is 6.64. The molecule has 0 saturated carbocycles. The normalized spacial score (nSPS) is 15.8. The van der Waals surface area contributed by atoms with Gasteiger partial charge in [0.05, 0.1) is 35.0 Å². The number of nitrogens with zero attached hydrogens (tertiary/aromatic N) is 2. The van der Waals surface area contributed by atoms with Crippen molar-refractivity contribution in [3.8, 4) is 0 Å². The zero-order chi connectivity index (χ0) is 29.9. The van der Waals surface area contributed by atoms with Crippen LogP contribution in [0.5, 0.6) is 0 Å². The van der Waals surface area contributed by atoms with Crippen molar-refractivity contribution in [2.45, 2.75) is 45.7 Å². The number of halogens is 1. The number of hydrogen-bond acceptors (Lipinski definition) is 10. The van der Waals surface area contributed by atoms with Gasteiger partial charge in [0.15, 0.2) is 11.1 Å². The maximum Gasteiger partial charge on any atom is 0.285 e. The second-order valence-corrected chi connectivity index (χ2v) is 12.1. The number of allylic oxidation sites excluding steroid dienone is 1. The Balaban J connectivity index is 1.77. The fourth-order valence-corrected chi connectivity index (χ4v) is 5.20. The van der Waals surface area contributed by atoms with E-state index in [0.717, 1.165) is 24.7 Å². The van der Waals surface area contributed by atoms with Crippen LogP contribution in [0.3, 0.4) is 0 Å². The molecule has 13 heteroatoms. The van der Waals surface area contributed by atoms with E-state index in [4.69, 9.17) is 26.5 Å². The second-order valence-electron chi connectivity index (χ2n) is 9.96. The molecule has 1 fully saturated rings. The number of aromatic nitrogens is 1. The number of carbonyl (C=O) groups is 1. The highest BCUT2D eigenvalue weighted by molar-refractivity contribution is 7.89. The van der Waals surface area contributed by atoms with E-state index in [9.17, 15) is 18.0 Å². The largest absolute Gasteiger partial charge is 0.455 e. The number of benzene rings is 1. The number of ether oxygens (including phenoxy) is 1. The lowest BCUT2D eigenvalue weighted by Gasteiger charge is -2.20. The molecule has 1 aromatic carbocycles. The minimum Gasteiger partial charge on any atom is -0.455 e. The number of pyridine rings is 1. The lowest BCUT2D eigenvalue weighted by atomic mass is 9.99. The first-order valence-corrected chi connectivity index (χ1v) is 15.2. The Labute approximate surface area is 242 Å². The molecule has 0 radical (unpaired) electrons. The standard InChI is InChI=1S/C28H32ClN5O6S/c1-15-11-20(17(3)32-22-5-6-23(29)33-24(22)28(36)34-41(4,37)38)27-21(12-15)25(35)16(2)26(40-27)18(13-30)14-31-19-7-9-39-10-8-19/h5-6,11-14,17,19,32H,7-10,30H2,1-4H3,(H,34,36)/b18-13+,31-14?/t17-/m1/s1. The smallest absolute Gasteiger partial charge is 0.285 e. The SMILES string of the molecule is Cc1cc([C@@H](C)Nc2ccc(Cl)nc2C(=O)NS(C)(=O)=O)c2oc(/C(C=NC3CCOCC3)=C/N)c(C)c(=O)c2c1. The summed E-state index contributed by atoms with van der Waals surface area (Å²) >= 11 is 6.00. The van der Waals surface area contributed by atoms with Crippen molar-refractivity contribution in [2.75, 3.05) is 24.8 Å². The number of nitrogens with one attached hydrogen (secondary N) is 2. The first-order valence-electron chi connectivity index (χ1n) is 12.9. The lowest BCUT2D eigenvalue weighted by molar-refractivity contribution is 0.0872. The minimum absolute atomic E-state index is 0.0116. The zero-order valence-electron chi connectivity index (χ0n) is 23.2. The molecule has 3 heterocycles. The molecule has 1 amide bonds. The van der Waals surface area contributed by atoms with Gasteiger partial charge < -0.3 is 20.2 Å². The van der Waals surface area contributed by atoms with Crippen molar-refractivity contribution in [1.82, 2.24) is 9.71 Å². The number of aliphatic imine (C=N–C) groups is 1. The average molecular weight is 602 g/mol. The van der Waals surface area contributed by atoms with Crippen molar-refractivity contribution in [2.24, 2.45) is 10.7 Å². The van der Waals surface area contributed by atoms with Gasteiger partial charge in [0.2, 0.25) is 10.0 Å². The summed E-state index contributed by atoms with van der Waals surface area (Å²) in [5, 5.41) is 3.59. The third-order valence-corrected chi connectivity index (χ3v) is 7.41. The van der Waals surface area contributed by atoms with Crippen LogP contribution in [0.1, 0.15) is 58.7 Å². The number of nitrogens with two attached hydrogens (primary N) is 1. The van der Waals surface area contributed by atoms with E-state index < -0.39 is 22.0 Å². The van der Waals surface area contributed by atoms with Crippen LogP contribution in [-0.2, 0) is 14.8 Å². The van der Waals surface area contributed by atoms with Gasteiger partial charge in [-0.25, -0.2) is 18.1 Å². The topological polar surface area (TPSA) is 166 Å². The predicted octanol–water partition coefficient (Wildman–Crippen LogP) is 3.87. The Hall–Kier alpha value is -3.74. The summed E-state index contributed by atoms with van der Waals surface area (Å²) in [5.74, 6) is -0.635. The summed E-state index contributed by atoms with van der Waals surface area (Å²) in [6.07, 6.45) is 5.46. The first kappa shape index (κ1) is 30.2. The molecule has 1 aliphatic rings. The molecule has 41 heavy (non-hydrogen) atoms. The van der Waals surface area contributed by atoms with Crippen LogP contribution in [0, 0.1) is 13.8 Å². The summed E-state index contributed by atoms with van der Waals surface area (Å²) in [6.45, 7) is 6.64. The zero-order valence-corrected chi connectivity index (χ0v) is 24.7. The summed E-state index contributed by atoms with van der Waals surface area (Å²) < 4.78 is 37.0. The molecule has 0 unspecified atom stereocenters. The third kappa shape index (κ3) is 7.13. The van der Waals surface area contributed by atoms with Crippen LogP contribution in [0.4, 0.5) is 5.69 Å². The number of hydrogen-bond donors (Lipinski definition) is 3. The molecule has 1 atom stereocenters. The van der Waals surface area contributed by atoms with Gasteiger partial charge in [-0.15, -0.1) is 0 Å². The summed E-state index contributed by atoms with van der Waals surface area (Å²) in [6, 6.07) is 6.18. The van der Waals surface area contributed by atoms with Crippen LogP contribution >= 0.6 is 11.6 Å². The minimum atomic E-state index is -3.85. The van der Waals surface area contributed by atoms with Crippen LogP contribution in [0.15, 0.2) is 44.7 Å². The number of carbonyl (C=O) groups excluding carboxylic acids is 1. The summed E-state index contributed by atoms with van der Waals surface area (Å²) in [7, 11) is -3.85. The Morgan fingerprint density at radius 1 is 1.24 bits per heavy atom. The van der Waals surface area contributed by atoms with Crippen LogP contribution < -0.4 is 21.2 Å². The second kappa shape index (κ2) is 12.4. The van der Waals surface area contributed by atoms with Gasteiger partial charge >= 0.3 is 0 Å². The van der Waals surface area contributed by atoms with Gasteiger partial charge in [-0.3, -0.25) is 14.6 Å². The molecule has 2 aromatic heterocycles. The maximum absolute atomic E-state index is 13.5. The fourth-order valence-electron chi connectivity index (χ4n) is 4.61. The van der Waals surface area contributed by atoms with Gasteiger partial charge in [-0.05, 0) is 57.4 Å². The Bertz CT molecular complexity index is 1710. The number of sulfonamides is 1. The van der Waals surface area contributed by atoms with E-state index in [1.807, 2.05) is 24.6 Å². The van der Waals surface area contributed by atoms with Crippen molar-refractivity contribution in [3.05, 3.63) is 74.0 Å². The van der Waals surface area contributed by atoms with E-state index in [1.54, 1.807) is 19.2 Å². The predicted molar refractivity (Wildman–Crippen MR) is 160 cm³/mol. The van der Waals surface area contributed by atoms with E-state index in [0.29, 0.717) is 46.6 Å².